The van der Waals surface area contributed by atoms with E-state index < -0.39 is 0 Å². The third kappa shape index (κ3) is 2.90. The van der Waals surface area contributed by atoms with Crippen molar-refractivity contribution in [2.24, 2.45) is 0 Å². The molecule has 1 aliphatic heterocycles. The van der Waals surface area contributed by atoms with Gasteiger partial charge in [0.25, 0.3) is 0 Å². The van der Waals surface area contributed by atoms with Gasteiger partial charge in [-0.05, 0) is 29.7 Å². The quantitative estimate of drug-likeness (QED) is 0.907. The van der Waals surface area contributed by atoms with E-state index in [4.69, 9.17) is 5.11 Å². The molecular weight excluding hydrogens is 264 g/mol. The molecular formula is C17H18N2O2. The first-order valence-corrected chi connectivity index (χ1v) is 7.10. The topological polar surface area (TPSA) is 52.6 Å². The van der Waals surface area contributed by atoms with Crippen LogP contribution in [-0.2, 0) is 11.4 Å². The molecule has 2 N–H and O–H groups in total. The lowest BCUT2D eigenvalue weighted by Gasteiger charge is -2.33. The van der Waals surface area contributed by atoms with Gasteiger partial charge in [-0.1, -0.05) is 42.5 Å². The molecule has 0 spiro atoms. The van der Waals surface area contributed by atoms with Gasteiger partial charge < -0.3 is 5.11 Å². The summed E-state index contributed by atoms with van der Waals surface area (Å²) in [5.41, 5.74) is 5.81. The molecule has 1 unspecified atom stereocenters. The summed E-state index contributed by atoms with van der Waals surface area (Å²) in [6.45, 7) is 0.807. The summed E-state index contributed by atoms with van der Waals surface area (Å²) in [6, 6.07) is 17.4. The number of para-hydroxylation sites is 1. The molecule has 0 radical (unpaired) electrons. The third-order valence-electron chi connectivity index (χ3n) is 3.84. The molecule has 1 saturated heterocycles. The van der Waals surface area contributed by atoms with Crippen molar-refractivity contribution in [3.63, 3.8) is 0 Å². The van der Waals surface area contributed by atoms with Crippen LogP contribution in [0.5, 0.6) is 0 Å². The Hall–Kier alpha value is -2.33. The summed E-state index contributed by atoms with van der Waals surface area (Å²) in [5, 5.41) is 11.0. The van der Waals surface area contributed by atoms with Gasteiger partial charge in [0.2, 0.25) is 5.91 Å². The van der Waals surface area contributed by atoms with Gasteiger partial charge in [-0.15, -0.1) is 0 Å². The molecule has 1 fully saturated rings. The van der Waals surface area contributed by atoms with Crippen molar-refractivity contribution in [2.45, 2.75) is 18.9 Å². The second-order valence-corrected chi connectivity index (χ2v) is 5.20. The van der Waals surface area contributed by atoms with Crippen molar-refractivity contribution in [3.8, 4) is 0 Å². The normalized spacial score (nSPS) is 18.4. The van der Waals surface area contributed by atoms with Crippen molar-refractivity contribution < 1.29 is 9.90 Å². The van der Waals surface area contributed by atoms with Gasteiger partial charge in [0.15, 0.2) is 0 Å². The number of amides is 1. The van der Waals surface area contributed by atoms with E-state index in [1.54, 1.807) is 0 Å². The average molecular weight is 282 g/mol. The predicted molar refractivity (Wildman–Crippen MR) is 81.7 cm³/mol. The fraction of sp³-hybridized carbons (Fsp3) is 0.235. The number of anilines is 1. The minimum atomic E-state index is -0.127. The Morgan fingerprint density at radius 2 is 1.81 bits per heavy atom. The van der Waals surface area contributed by atoms with Crippen molar-refractivity contribution in [3.05, 3.63) is 65.7 Å². The minimum absolute atomic E-state index is 0.0156. The van der Waals surface area contributed by atoms with Crippen LogP contribution < -0.4 is 10.4 Å². The number of hydrogen-bond acceptors (Lipinski definition) is 3. The Morgan fingerprint density at radius 1 is 1.10 bits per heavy atom. The van der Waals surface area contributed by atoms with Gasteiger partial charge in [-0.2, -0.15) is 0 Å². The Labute approximate surface area is 124 Å². The number of nitrogens with one attached hydrogen (secondary N) is 1. The van der Waals surface area contributed by atoms with Gasteiger partial charge in [0.1, 0.15) is 0 Å². The molecule has 4 nitrogen and oxygen atoms in total. The van der Waals surface area contributed by atoms with Gasteiger partial charge in [0, 0.05) is 6.54 Å². The highest BCUT2D eigenvalue weighted by Crippen LogP contribution is 2.26. The van der Waals surface area contributed by atoms with Crippen LogP contribution in [0.1, 0.15) is 23.5 Å². The zero-order valence-electron chi connectivity index (χ0n) is 11.7. The molecule has 2 aromatic rings. The molecule has 3 rings (SSSR count). The van der Waals surface area contributed by atoms with Gasteiger partial charge in [-0.3, -0.25) is 15.2 Å². The van der Waals surface area contributed by atoms with Gasteiger partial charge >= 0.3 is 0 Å². The lowest BCUT2D eigenvalue weighted by molar-refractivity contribution is -0.123. The summed E-state index contributed by atoms with van der Waals surface area (Å²) in [7, 11) is 0. The first kappa shape index (κ1) is 13.6. The fourth-order valence-corrected chi connectivity index (χ4v) is 2.63. The van der Waals surface area contributed by atoms with Crippen LogP contribution in [0.2, 0.25) is 0 Å². The first-order chi connectivity index (χ1) is 10.3. The third-order valence-corrected chi connectivity index (χ3v) is 3.84. The standard InChI is InChI=1S/C17H18N2O2/c20-12-13-6-8-14(9-7-13)16-10-11-19(18-17(16)21)15-4-2-1-3-5-15/h1-9,16,20H,10-12H2,(H,18,21). The SMILES string of the molecule is O=C1NN(c2ccccc2)CCC1c1ccc(CO)cc1. The van der Waals surface area contributed by atoms with Crippen molar-refractivity contribution in [1.82, 2.24) is 5.43 Å². The Bertz CT molecular complexity index is 610. The number of nitrogens with zero attached hydrogens (tertiary/aromatic N) is 1. The van der Waals surface area contributed by atoms with E-state index in [9.17, 15) is 4.79 Å². The first-order valence-electron chi connectivity index (χ1n) is 7.10. The van der Waals surface area contributed by atoms with E-state index in [1.165, 1.54) is 0 Å². The zero-order chi connectivity index (χ0) is 14.7. The van der Waals surface area contributed by atoms with Crippen LogP contribution in [0.4, 0.5) is 5.69 Å². The largest absolute Gasteiger partial charge is 0.392 e. The van der Waals surface area contributed by atoms with Crippen LogP contribution >= 0.6 is 0 Å². The average Bonchev–Trinajstić information content (AvgIpc) is 2.56. The maximum Gasteiger partial charge on any atom is 0.246 e. The van der Waals surface area contributed by atoms with E-state index in [1.807, 2.05) is 59.6 Å². The number of aliphatic hydroxyl groups is 1. The van der Waals surface area contributed by atoms with E-state index in [0.717, 1.165) is 29.8 Å². The molecule has 1 aliphatic rings. The van der Waals surface area contributed by atoms with E-state index in [0.29, 0.717) is 0 Å². The molecule has 1 amide bonds. The lowest BCUT2D eigenvalue weighted by atomic mass is 9.93. The molecule has 2 aromatic carbocycles. The smallest absolute Gasteiger partial charge is 0.246 e. The fourth-order valence-electron chi connectivity index (χ4n) is 2.63. The summed E-state index contributed by atoms with van der Waals surface area (Å²) in [5.74, 6) is -0.112. The van der Waals surface area contributed by atoms with Crippen LogP contribution in [0.25, 0.3) is 0 Å². The zero-order valence-corrected chi connectivity index (χ0v) is 11.7. The number of hydrazine groups is 1. The number of hydrogen-bond donors (Lipinski definition) is 2. The predicted octanol–water partition coefficient (Wildman–Crippen LogP) is 2.20. The van der Waals surface area contributed by atoms with Crippen LogP contribution in [0.15, 0.2) is 54.6 Å². The van der Waals surface area contributed by atoms with E-state index >= 15 is 0 Å². The number of carbonyl (C=O) groups is 1. The molecule has 0 saturated carbocycles. The monoisotopic (exact) mass is 282 g/mol. The molecule has 108 valence electrons. The maximum absolute atomic E-state index is 12.3. The van der Waals surface area contributed by atoms with E-state index in [-0.39, 0.29) is 18.4 Å². The lowest BCUT2D eigenvalue weighted by Crippen LogP contribution is -2.50. The number of carbonyl (C=O) groups excluding carboxylic acids is 1. The summed E-state index contributed by atoms with van der Waals surface area (Å²) < 4.78 is 0. The number of benzene rings is 2. The highest BCUT2D eigenvalue weighted by atomic mass is 16.3. The van der Waals surface area contributed by atoms with Crippen molar-refractivity contribution in [2.75, 3.05) is 11.6 Å². The number of aliphatic hydroxyl groups excluding tert-OH is 1. The van der Waals surface area contributed by atoms with Gasteiger partial charge in [-0.25, -0.2) is 0 Å². The van der Waals surface area contributed by atoms with Crippen LogP contribution in [-0.4, -0.2) is 17.6 Å². The molecule has 0 bridgehead atoms. The van der Waals surface area contributed by atoms with Crippen molar-refractivity contribution >= 4 is 11.6 Å². The minimum Gasteiger partial charge on any atom is -0.392 e. The van der Waals surface area contributed by atoms with Gasteiger partial charge in [0.05, 0.1) is 18.2 Å². The highest BCUT2D eigenvalue weighted by molar-refractivity contribution is 5.86. The molecule has 21 heavy (non-hydrogen) atoms. The summed E-state index contributed by atoms with van der Waals surface area (Å²) in [6.07, 6.45) is 0.777. The summed E-state index contributed by atoms with van der Waals surface area (Å²) >= 11 is 0. The van der Waals surface area contributed by atoms with E-state index in [2.05, 4.69) is 5.43 Å². The Balaban J connectivity index is 1.72. The molecule has 1 heterocycles. The maximum atomic E-state index is 12.3. The number of rotatable bonds is 3. The Morgan fingerprint density at radius 3 is 2.43 bits per heavy atom. The molecule has 0 aliphatic carbocycles. The Kier molecular flexibility index (Phi) is 3.88. The highest BCUT2D eigenvalue weighted by Gasteiger charge is 2.28. The van der Waals surface area contributed by atoms with Crippen LogP contribution in [0.3, 0.4) is 0 Å². The van der Waals surface area contributed by atoms with Crippen LogP contribution in [0, 0.1) is 0 Å². The second-order valence-electron chi connectivity index (χ2n) is 5.20. The second kappa shape index (κ2) is 5.97. The van der Waals surface area contributed by atoms with Crippen molar-refractivity contribution in [1.29, 1.82) is 0 Å². The molecule has 4 heteroatoms. The summed E-state index contributed by atoms with van der Waals surface area (Å²) in [4.78, 5) is 12.3. The molecule has 1 atom stereocenters. The molecule has 0 aromatic heterocycles.